The fourth-order valence-corrected chi connectivity index (χ4v) is 8.63. The Hall–Kier alpha value is -0.280. The molecule has 0 aliphatic heterocycles. The van der Waals surface area contributed by atoms with E-state index in [1.807, 2.05) is 0 Å². The molecule has 0 amide bonds. The lowest BCUT2D eigenvalue weighted by Gasteiger charge is -2.64. The number of hydrogen-bond acceptors (Lipinski definition) is 7. The minimum Gasteiger partial charge on any atom is -0.392 e. The molecule has 0 aromatic heterocycles. The highest BCUT2D eigenvalue weighted by atomic mass is 16.5. The van der Waals surface area contributed by atoms with E-state index in [0.717, 1.165) is 71.0 Å². The van der Waals surface area contributed by atoms with Crippen molar-refractivity contribution in [3.8, 4) is 0 Å². The molecule has 0 spiro atoms. The van der Waals surface area contributed by atoms with Gasteiger partial charge in [0.05, 0.1) is 24.4 Å². The summed E-state index contributed by atoms with van der Waals surface area (Å²) in [4.78, 5) is 0. The molecular formula is C28H53N3O4. The predicted molar refractivity (Wildman–Crippen MR) is 139 cm³/mol. The minimum atomic E-state index is -0.307. The van der Waals surface area contributed by atoms with Gasteiger partial charge in [0.25, 0.3) is 0 Å². The average molecular weight is 496 g/mol. The van der Waals surface area contributed by atoms with Crippen molar-refractivity contribution in [2.45, 2.75) is 102 Å². The maximum Gasteiger partial charge on any atom is 0.0659 e. The fraction of sp³-hybridized carbons (Fsp3) is 1.00. The summed E-state index contributed by atoms with van der Waals surface area (Å²) < 4.78 is 19.5. The van der Waals surface area contributed by atoms with Crippen LogP contribution in [0.1, 0.15) is 78.1 Å². The largest absolute Gasteiger partial charge is 0.392 e. The molecule has 35 heavy (non-hydrogen) atoms. The van der Waals surface area contributed by atoms with Crippen molar-refractivity contribution in [1.82, 2.24) is 0 Å². The Balaban J connectivity index is 1.60. The van der Waals surface area contributed by atoms with Crippen LogP contribution in [-0.2, 0) is 14.2 Å². The molecule has 4 fully saturated rings. The van der Waals surface area contributed by atoms with E-state index in [-0.39, 0.29) is 29.1 Å². The zero-order chi connectivity index (χ0) is 25.1. The van der Waals surface area contributed by atoms with Crippen LogP contribution >= 0.6 is 0 Å². The van der Waals surface area contributed by atoms with E-state index in [0.29, 0.717) is 56.0 Å². The third kappa shape index (κ3) is 5.34. The van der Waals surface area contributed by atoms with Crippen molar-refractivity contribution in [3.63, 3.8) is 0 Å². The molecule has 4 rings (SSSR count). The zero-order valence-corrected chi connectivity index (χ0v) is 22.3. The van der Waals surface area contributed by atoms with Crippen LogP contribution in [0.4, 0.5) is 0 Å². The normalized spacial score (nSPS) is 45.1. The van der Waals surface area contributed by atoms with Crippen molar-refractivity contribution >= 4 is 0 Å². The van der Waals surface area contributed by atoms with Crippen molar-refractivity contribution in [2.24, 2.45) is 51.7 Å². The lowest BCUT2D eigenvalue weighted by atomic mass is 9.43. The molecule has 4 aliphatic carbocycles. The average Bonchev–Trinajstić information content (AvgIpc) is 3.15. The van der Waals surface area contributed by atoms with Crippen LogP contribution in [0, 0.1) is 34.5 Å². The van der Waals surface area contributed by atoms with Gasteiger partial charge in [-0.15, -0.1) is 0 Å². The van der Waals surface area contributed by atoms with E-state index in [9.17, 15) is 5.11 Å². The highest BCUT2D eigenvalue weighted by Gasteiger charge is 2.66. The summed E-state index contributed by atoms with van der Waals surface area (Å²) in [7, 11) is 0. The number of rotatable bonds is 12. The molecule has 5 unspecified atom stereocenters. The van der Waals surface area contributed by atoms with Crippen LogP contribution in [0.25, 0.3) is 0 Å². The summed E-state index contributed by atoms with van der Waals surface area (Å²) in [6.07, 6.45) is 10.5. The first kappa shape index (κ1) is 27.7. The van der Waals surface area contributed by atoms with Gasteiger partial charge in [-0.3, -0.25) is 0 Å². The lowest BCUT2D eigenvalue weighted by molar-refractivity contribution is -0.230. The van der Waals surface area contributed by atoms with Crippen molar-refractivity contribution in [1.29, 1.82) is 0 Å². The SMILES string of the molecule is CC12CC[C@@H](OCCCN)CC1C[C@@H](OCCCN)C1[C@@H]2C[C@H](OCCCN)C2(C)C(O)CC[C@@H]12. The molecule has 0 saturated heterocycles. The Kier molecular flexibility index (Phi) is 9.56. The predicted octanol–water partition coefficient (Wildman–Crippen LogP) is 2.81. The van der Waals surface area contributed by atoms with Crippen LogP contribution < -0.4 is 17.2 Å². The molecule has 0 aromatic rings. The van der Waals surface area contributed by atoms with Gasteiger partial charge in [-0.25, -0.2) is 0 Å². The number of fused-ring (bicyclic) bond motifs is 5. The van der Waals surface area contributed by atoms with Crippen LogP contribution in [0.15, 0.2) is 0 Å². The molecule has 10 atom stereocenters. The Labute approximate surface area is 213 Å². The van der Waals surface area contributed by atoms with E-state index >= 15 is 0 Å². The first-order valence-electron chi connectivity index (χ1n) is 14.5. The van der Waals surface area contributed by atoms with Gasteiger partial charge in [0.15, 0.2) is 0 Å². The standard InChI is InChI=1S/C28H53N3O4/c1-27-9-8-20(33-13-3-10-29)16-19(27)17-23(34-14-4-11-30)26-21-6-7-24(32)28(21,2)25(18-22(26)27)35-15-5-12-31/h19-26,32H,3-18,29-31H2,1-2H3/t19?,20-,21+,22+,23-,24?,25+,26?,27?,28?/m1/s1. The number of hydrogen-bond donors (Lipinski definition) is 4. The Morgan fingerprint density at radius 2 is 1.43 bits per heavy atom. The summed E-state index contributed by atoms with van der Waals surface area (Å²) in [5.74, 6) is 2.03. The van der Waals surface area contributed by atoms with Gasteiger partial charge in [0.1, 0.15) is 0 Å². The van der Waals surface area contributed by atoms with E-state index in [2.05, 4.69) is 13.8 Å². The summed E-state index contributed by atoms with van der Waals surface area (Å²) in [6, 6.07) is 0. The maximum absolute atomic E-state index is 11.2. The van der Waals surface area contributed by atoms with Gasteiger partial charge in [-0.1, -0.05) is 13.8 Å². The molecule has 204 valence electrons. The van der Waals surface area contributed by atoms with Gasteiger partial charge in [0.2, 0.25) is 0 Å². The smallest absolute Gasteiger partial charge is 0.0659 e. The number of aliphatic hydroxyl groups excluding tert-OH is 1. The lowest BCUT2D eigenvalue weighted by Crippen LogP contribution is -2.63. The highest BCUT2D eigenvalue weighted by Crippen LogP contribution is 2.67. The Morgan fingerprint density at radius 3 is 2.11 bits per heavy atom. The van der Waals surface area contributed by atoms with Crippen LogP contribution in [0.5, 0.6) is 0 Å². The van der Waals surface area contributed by atoms with Crippen molar-refractivity contribution in [3.05, 3.63) is 0 Å². The molecule has 7 heteroatoms. The third-order valence-electron chi connectivity index (χ3n) is 10.7. The second kappa shape index (κ2) is 12.1. The first-order chi connectivity index (χ1) is 16.9. The summed E-state index contributed by atoms with van der Waals surface area (Å²) in [6.45, 7) is 9.01. The van der Waals surface area contributed by atoms with Gasteiger partial charge < -0.3 is 36.5 Å². The van der Waals surface area contributed by atoms with Crippen LogP contribution in [0.2, 0.25) is 0 Å². The molecule has 4 saturated carbocycles. The van der Waals surface area contributed by atoms with Gasteiger partial charge in [-0.05, 0) is 113 Å². The molecule has 7 N–H and O–H groups in total. The molecule has 0 radical (unpaired) electrons. The quantitative estimate of drug-likeness (QED) is 0.307. The third-order valence-corrected chi connectivity index (χ3v) is 10.7. The number of aliphatic hydroxyl groups is 1. The van der Waals surface area contributed by atoms with Crippen molar-refractivity contribution < 1.29 is 19.3 Å². The van der Waals surface area contributed by atoms with E-state index < -0.39 is 0 Å². The molecular weight excluding hydrogens is 442 g/mol. The minimum absolute atomic E-state index is 0.0802. The fourth-order valence-electron chi connectivity index (χ4n) is 8.63. The second-order valence-electron chi connectivity index (χ2n) is 12.4. The van der Waals surface area contributed by atoms with Crippen LogP contribution in [0.3, 0.4) is 0 Å². The highest BCUT2D eigenvalue weighted by molar-refractivity contribution is 5.15. The molecule has 0 aromatic carbocycles. The first-order valence-corrected chi connectivity index (χ1v) is 14.5. The van der Waals surface area contributed by atoms with Gasteiger partial charge in [0, 0.05) is 25.2 Å². The summed E-state index contributed by atoms with van der Waals surface area (Å²) in [5.41, 5.74) is 17.3. The van der Waals surface area contributed by atoms with Gasteiger partial charge >= 0.3 is 0 Å². The molecule has 0 bridgehead atoms. The van der Waals surface area contributed by atoms with E-state index in [4.69, 9.17) is 31.4 Å². The van der Waals surface area contributed by atoms with Crippen LogP contribution in [-0.4, -0.2) is 69.0 Å². The topological polar surface area (TPSA) is 126 Å². The number of nitrogens with two attached hydrogens (primary N) is 3. The second-order valence-corrected chi connectivity index (χ2v) is 12.4. The summed E-state index contributed by atoms with van der Waals surface area (Å²) in [5, 5.41) is 11.2. The van der Waals surface area contributed by atoms with Gasteiger partial charge in [-0.2, -0.15) is 0 Å². The Bertz CT molecular complexity index is 668. The monoisotopic (exact) mass is 495 g/mol. The molecule has 7 nitrogen and oxygen atoms in total. The molecule has 4 aliphatic rings. The van der Waals surface area contributed by atoms with E-state index in [1.54, 1.807) is 0 Å². The number of ether oxygens (including phenoxy) is 3. The maximum atomic E-state index is 11.2. The summed E-state index contributed by atoms with van der Waals surface area (Å²) >= 11 is 0. The Morgan fingerprint density at radius 1 is 0.771 bits per heavy atom. The molecule has 0 heterocycles. The van der Waals surface area contributed by atoms with E-state index in [1.165, 1.54) is 6.42 Å². The van der Waals surface area contributed by atoms with Crippen molar-refractivity contribution in [2.75, 3.05) is 39.5 Å². The zero-order valence-electron chi connectivity index (χ0n) is 22.3.